The largest absolute Gasteiger partial charge is 0.299 e. The smallest absolute Gasteiger partial charge is 0.284 e. The lowest BCUT2D eigenvalue weighted by Gasteiger charge is -2.23. The molecule has 0 aliphatic heterocycles. The van der Waals surface area contributed by atoms with Crippen molar-refractivity contribution in [3.63, 3.8) is 0 Å². The van der Waals surface area contributed by atoms with E-state index < -0.39 is 22.7 Å². The third kappa shape index (κ3) is 25.8. The van der Waals surface area contributed by atoms with Crippen LogP contribution in [0, 0.1) is 0 Å². The Labute approximate surface area is 117 Å². The van der Waals surface area contributed by atoms with Gasteiger partial charge in [-0.1, -0.05) is 42.9 Å². The van der Waals surface area contributed by atoms with E-state index in [9.17, 15) is 0 Å². The lowest BCUT2D eigenvalue weighted by molar-refractivity contribution is 0.452. The van der Waals surface area contributed by atoms with Crippen LogP contribution in [0.25, 0.3) is 0 Å². The minimum Gasteiger partial charge on any atom is -0.284 e. The van der Waals surface area contributed by atoms with Crippen LogP contribution in [0.1, 0.15) is 27.7 Å². The fourth-order valence-corrected chi connectivity index (χ4v) is 8.54. The van der Waals surface area contributed by atoms with E-state index in [0.717, 1.165) is 0 Å². The van der Waals surface area contributed by atoms with Crippen molar-refractivity contribution in [3.8, 4) is 0 Å². The molecular weight excluding hydrogens is 318 g/mol. The third-order valence-corrected chi connectivity index (χ3v) is 11.4. The lowest BCUT2D eigenvalue weighted by atomic mass is 11.0. The molecule has 6 nitrogen and oxygen atoms in total. The fraction of sp³-hybridized carbons (Fsp3) is 1.00. The lowest BCUT2D eigenvalue weighted by Crippen LogP contribution is -1.86. The highest BCUT2D eigenvalue weighted by atomic mass is 32.2. The van der Waals surface area contributed by atoms with E-state index in [-0.39, 0.29) is 0 Å². The van der Waals surface area contributed by atoms with Crippen LogP contribution < -0.4 is 0 Å². The van der Waals surface area contributed by atoms with Crippen LogP contribution in [-0.4, -0.2) is 51.3 Å². The maximum atomic E-state index is 8.67. The first kappa shape index (κ1) is 24.0. The first-order valence-corrected chi connectivity index (χ1v) is 11.6. The second-order valence-electron chi connectivity index (χ2n) is 2.74. The van der Waals surface area contributed by atoms with Crippen LogP contribution >= 0.6 is 15.2 Å². The van der Waals surface area contributed by atoms with Crippen molar-refractivity contribution in [1.29, 1.82) is 0 Å². The molecule has 0 rings (SSSR count). The van der Waals surface area contributed by atoms with E-state index in [0.29, 0.717) is 15.2 Å². The van der Waals surface area contributed by atoms with Gasteiger partial charge < -0.3 is 0 Å². The van der Waals surface area contributed by atoms with Gasteiger partial charge in [0.05, 0.1) is 0 Å². The van der Waals surface area contributed by atoms with Crippen molar-refractivity contribution >= 4 is 37.9 Å². The molecule has 0 unspecified atom stereocenters. The summed E-state index contributed by atoms with van der Waals surface area (Å²) < 4.78 is 45.7. The molecule has 0 saturated carbocycles. The predicted octanol–water partition coefficient (Wildman–Crippen LogP) is 3.31. The molecule has 0 aromatic heterocycles. The molecule has 0 aromatic rings. The van der Waals surface area contributed by atoms with Crippen molar-refractivity contribution in [1.82, 2.24) is 0 Å². The Bertz CT molecular complexity index is 182. The molecule has 0 fully saturated rings. The zero-order valence-electron chi connectivity index (χ0n) is 11.1. The number of rotatable bonds is 5. The average Bonchev–Trinajstić information content (AvgIpc) is 2.24. The topological polar surface area (TPSA) is 115 Å². The van der Waals surface area contributed by atoms with E-state index in [1.165, 1.54) is 24.6 Å². The predicted molar refractivity (Wildman–Crippen MR) is 82.8 cm³/mol. The van der Waals surface area contributed by atoms with Crippen LogP contribution in [0.2, 0.25) is 0 Å². The molecule has 0 heterocycles. The molecule has 0 aliphatic carbocycles. The first-order valence-electron chi connectivity index (χ1n) is 5.36. The van der Waals surface area contributed by atoms with Gasteiger partial charge >= 0.3 is 0 Å². The Morgan fingerprint density at radius 1 is 0.667 bits per heavy atom. The maximum Gasteiger partial charge on any atom is 0.299 e. The van der Waals surface area contributed by atoms with Crippen LogP contribution in [-0.2, 0) is 22.7 Å². The van der Waals surface area contributed by atoms with Gasteiger partial charge in [0.2, 0.25) is 0 Å². The molecule has 0 atom stereocenters. The highest BCUT2D eigenvalue weighted by molar-refractivity contribution is 8.29. The molecule has 4 N–H and O–H groups in total. The Morgan fingerprint density at radius 3 is 0.833 bits per heavy atom. The summed E-state index contributed by atoms with van der Waals surface area (Å²) in [5.41, 5.74) is 0. The molecule has 0 saturated heterocycles. The SMILES string of the molecule is CCP(CC)P(CC)CC.O=S(O)O.O=S(O)O. The molecule has 0 aromatic carbocycles. The normalized spacial score (nSPS) is 10.2. The van der Waals surface area contributed by atoms with Crippen molar-refractivity contribution in [3.05, 3.63) is 0 Å². The van der Waals surface area contributed by atoms with E-state index in [2.05, 4.69) is 27.7 Å². The molecule has 18 heavy (non-hydrogen) atoms. The highest BCUT2D eigenvalue weighted by Gasteiger charge is 2.11. The van der Waals surface area contributed by atoms with Crippen molar-refractivity contribution in [2.24, 2.45) is 0 Å². The summed E-state index contributed by atoms with van der Waals surface area (Å²) in [4.78, 5) is 0. The second-order valence-corrected chi connectivity index (χ2v) is 11.6. The standard InChI is InChI=1S/C8H20P2.2H2O3S/c1-5-9(6-2)10(7-3)8-4;2*1-4(2)3/h5-8H2,1-4H3;2*(H2,1,2,3). The van der Waals surface area contributed by atoms with Gasteiger partial charge in [-0.3, -0.25) is 18.2 Å². The molecular formula is C8H24O6P2S2. The monoisotopic (exact) mass is 342 g/mol. The quantitative estimate of drug-likeness (QED) is 0.450. The molecule has 0 bridgehead atoms. The van der Waals surface area contributed by atoms with Gasteiger partial charge in [0.25, 0.3) is 22.7 Å². The van der Waals surface area contributed by atoms with Gasteiger partial charge in [-0.05, 0) is 24.6 Å². The average molecular weight is 342 g/mol. The van der Waals surface area contributed by atoms with Gasteiger partial charge in [-0.15, -0.1) is 0 Å². The van der Waals surface area contributed by atoms with Gasteiger partial charge in [0.15, 0.2) is 0 Å². The molecule has 0 spiro atoms. The summed E-state index contributed by atoms with van der Waals surface area (Å²) in [6.45, 7) is 9.43. The van der Waals surface area contributed by atoms with Crippen molar-refractivity contribution in [2.75, 3.05) is 24.6 Å². The van der Waals surface area contributed by atoms with Crippen LogP contribution in [0.3, 0.4) is 0 Å². The van der Waals surface area contributed by atoms with E-state index in [4.69, 9.17) is 26.6 Å². The second kappa shape index (κ2) is 18.0. The summed E-state index contributed by atoms with van der Waals surface area (Å²) in [5.74, 6) is 0. The van der Waals surface area contributed by atoms with Crippen molar-refractivity contribution < 1.29 is 26.6 Å². The maximum absolute atomic E-state index is 8.67. The molecule has 0 aliphatic rings. The Hall–Kier alpha value is 1.000. The minimum atomic E-state index is -2.61. The zero-order chi connectivity index (χ0) is 15.1. The number of hydrogen-bond acceptors (Lipinski definition) is 2. The first-order chi connectivity index (χ1) is 8.26. The summed E-state index contributed by atoms with van der Waals surface area (Å²) in [6, 6.07) is 0. The Morgan fingerprint density at radius 2 is 0.778 bits per heavy atom. The van der Waals surface area contributed by atoms with Crippen LogP contribution in [0.15, 0.2) is 0 Å². The zero-order valence-corrected chi connectivity index (χ0v) is 14.6. The van der Waals surface area contributed by atoms with Crippen molar-refractivity contribution in [2.45, 2.75) is 27.7 Å². The van der Waals surface area contributed by atoms with Gasteiger partial charge in [-0.25, -0.2) is 0 Å². The summed E-state index contributed by atoms with van der Waals surface area (Å²) in [5, 5.41) is 0. The Balaban J connectivity index is -0.000000233. The minimum absolute atomic E-state index is 0.445. The van der Waals surface area contributed by atoms with Gasteiger partial charge in [0, 0.05) is 0 Å². The van der Waals surface area contributed by atoms with E-state index >= 15 is 0 Å². The molecule has 0 amide bonds. The Kier molecular flexibility index (Phi) is 24.0. The van der Waals surface area contributed by atoms with E-state index in [1.807, 2.05) is 0 Å². The molecule has 0 radical (unpaired) electrons. The highest BCUT2D eigenvalue weighted by Crippen LogP contribution is 2.67. The van der Waals surface area contributed by atoms with Crippen LogP contribution in [0.4, 0.5) is 0 Å². The molecule has 10 heteroatoms. The van der Waals surface area contributed by atoms with Gasteiger partial charge in [-0.2, -0.15) is 8.42 Å². The van der Waals surface area contributed by atoms with Crippen LogP contribution in [0.5, 0.6) is 0 Å². The number of hydrogen-bond donors (Lipinski definition) is 4. The molecule has 114 valence electrons. The summed E-state index contributed by atoms with van der Waals surface area (Å²) in [7, 11) is 0.890. The summed E-state index contributed by atoms with van der Waals surface area (Å²) in [6.07, 6.45) is 5.83. The summed E-state index contributed by atoms with van der Waals surface area (Å²) >= 11 is -5.22. The fourth-order valence-electron chi connectivity index (χ4n) is 1.25. The third-order valence-electron chi connectivity index (χ3n) is 1.86. The van der Waals surface area contributed by atoms with E-state index in [1.54, 1.807) is 0 Å². The van der Waals surface area contributed by atoms with Gasteiger partial charge in [0.1, 0.15) is 0 Å².